The SMILES string of the molecule is C=CC(N)c1ccnnn1. The molecule has 0 fully saturated rings. The third-order valence-corrected chi connectivity index (χ3v) is 1.12. The monoisotopic (exact) mass is 136 g/mol. The van der Waals surface area contributed by atoms with Crippen molar-refractivity contribution in [2.24, 2.45) is 5.73 Å². The topological polar surface area (TPSA) is 64.7 Å². The average molecular weight is 136 g/mol. The lowest BCUT2D eigenvalue weighted by molar-refractivity contribution is 0.762. The van der Waals surface area contributed by atoms with E-state index in [4.69, 9.17) is 5.73 Å². The van der Waals surface area contributed by atoms with Gasteiger partial charge in [-0.2, -0.15) is 0 Å². The van der Waals surface area contributed by atoms with Crippen molar-refractivity contribution in [3.05, 3.63) is 30.6 Å². The Kier molecular flexibility index (Phi) is 2.07. The largest absolute Gasteiger partial charge is 0.319 e. The van der Waals surface area contributed by atoms with Crippen LogP contribution in [0.3, 0.4) is 0 Å². The molecule has 1 unspecified atom stereocenters. The van der Waals surface area contributed by atoms with Crippen molar-refractivity contribution in [3.8, 4) is 0 Å². The van der Waals surface area contributed by atoms with Gasteiger partial charge in [0.2, 0.25) is 0 Å². The van der Waals surface area contributed by atoms with Gasteiger partial charge in [0, 0.05) is 0 Å². The molecule has 10 heavy (non-hydrogen) atoms. The van der Waals surface area contributed by atoms with Crippen LogP contribution in [0.25, 0.3) is 0 Å². The van der Waals surface area contributed by atoms with Crippen LogP contribution in [0.15, 0.2) is 24.9 Å². The molecule has 4 nitrogen and oxygen atoms in total. The van der Waals surface area contributed by atoms with Crippen LogP contribution < -0.4 is 5.73 Å². The maximum absolute atomic E-state index is 5.55. The van der Waals surface area contributed by atoms with E-state index >= 15 is 0 Å². The van der Waals surface area contributed by atoms with E-state index < -0.39 is 0 Å². The minimum atomic E-state index is -0.240. The highest BCUT2D eigenvalue weighted by Gasteiger charge is 2.00. The third-order valence-electron chi connectivity index (χ3n) is 1.12. The molecule has 1 rings (SSSR count). The quantitative estimate of drug-likeness (QED) is 0.584. The van der Waals surface area contributed by atoms with Crippen molar-refractivity contribution >= 4 is 0 Å². The van der Waals surface area contributed by atoms with Gasteiger partial charge in [0.1, 0.15) is 0 Å². The summed E-state index contributed by atoms with van der Waals surface area (Å²) in [7, 11) is 0. The summed E-state index contributed by atoms with van der Waals surface area (Å²) in [6.45, 7) is 3.52. The minimum absolute atomic E-state index is 0.240. The molecule has 52 valence electrons. The number of rotatable bonds is 2. The lowest BCUT2D eigenvalue weighted by Crippen LogP contribution is -2.09. The third kappa shape index (κ3) is 1.35. The summed E-state index contributed by atoms with van der Waals surface area (Å²) in [4.78, 5) is 0. The molecule has 0 aliphatic heterocycles. The summed E-state index contributed by atoms with van der Waals surface area (Å²) in [5.41, 5.74) is 6.23. The van der Waals surface area contributed by atoms with Crippen LogP contribution in [-0.4, -0.2) is 15.4 Å². The Morgan fingerprint density at radius 1 is 1.70 bits per heavy atom. The predicted octanol–water partition coefficient (Wildman–Crippen LogP) is 0.0574. The molecule has 0 radical (unpaired) electrons. The van der Waals surface area contributed by atoms with E-state index in [-0.39, 0.29) is 6.04 Å². The number of hydrogen-bond acceptors (Lipinski definition) is 4. The van der Waals surface area contributed by atoms with Crippen LogP contribution >= 0.6 is 0 Å². The van der Waals surface area contributed by atoms with Gasteiger partial charge in [0.15, 0.2) is 0 Å². The van der Waals surface area contributed by atoms with Gasteiger partial charge >= 0.3 is 0 Å². The maximum Gasteiger partial charge on any atom is 0.0871 e. The first-order valence-electron chi connectivity index (χ1n) is 2.87. The van der Waals surface area contributed by atoms with Gasteiger partial charge < -0.3 is 5.73 Å². The fourth-order valence-corrected chi connectivity index (χ4v) is 0.549. The molecule has 0 aliphatic carbocycles. The Morgan fingerprint density at radius 3 is 3.00 bits per heavy atom. The number of nitrogens with zero attached hydrogens (tertiary/aromatic N) is 3. The van der Waals surface area contributed by atoms with Gasteiger partial charge in [-0.1, -0.05) is 6.08 Å². The zero-order valence-electron chi connectivity index (χ0n) is 5.44. The number of nitrogens with two attached hydrogens (primary N) is 1. The highest BCUT2D eigenvalue weighted by Crippen LogP contribution is 2.02. The Morgan fingerprint density at radius 2 is 2.50 bits per heavy atom. The Labute approximate surface area is 58.8 Å². The zero-order chi connectivity index (χ0) is 7.40. The van der Waals surface area contributed by atoms with Crippen molar-refractivity contribution in [2.75, 3.05) is 0 Å². The van der Waals surface area contributed by atoms with Crippen LogP contribution in [0.2, 0.25) is 0 Å². The Bertz CT molecular complexity index is 208. The minimum Gasteiger partial charge on any atom is -0.319 e. The Balaban J connectivity index is 2.84. The van der Waals surface area contributed by atoms with E-state index in [9.17, 15) is 0 Å². The highest BCUT2D eigenvalue weighted by atomic mass is 15.3. The van der Waals surface area contributed by atoms with Gasteiger partial charge in [-0.15, -0.1) is 16.8 Å². The summed E-state index contributed by atoms with van der Waals surface area (Å²) in [6.07, 6.45) is 3.15. The van der Waals surface area contributed by atoms with Crippen LogP contribution in [0.5, 0.6) is 0 Å². The number of hydrogen-bond donors (Lipinski definition) is 1. The fraction of sp³-hybridized carbons (Fsp3) is 0.167. The highest BCUT2D eigenvalue weighted by molar-refractivity contribution is 5.07. The molecule has 1 aromatic rings. The summed E-state index contributed by atoms with van der Waals surface area (Å²) >= 11 is 0. The van der Waals surface area contributed by atoms with Crippen LogP contribution in [0.1, 0.15) is 11.7 Å². The van der Waals surface area contributed by atoms with E-state index in [0.717, 1.165) is 0 Å². The zero-order valence-corrected chi connectivity index (χ0v) is 5.44. The number of aromatic nitrogens is 3. The standard InChI is InChI=1S/C6H8N4/c1-2-5(7)6-3-4-8-10-9-6/h2-5H,1,7H2. The predicted molar refractivity (Wildman–Crippen MR) is 37.0 cm³/mol. The second-order valence-electron chi connectivity index (χ2n) is 1.81. The lowest BCUT2D eigenvalue weighted by Gasteiger charge is -2.00. The maximum atomic E-state index is 5.55. The second kappa shape index (κ2) is 3.03. The van der Waals surface area contributed by atoms with E-state index in [1.807, 2.05) is 0 Å². The summed E-state index contributed by atoms with van der Waals surface area (Å²) in [5.74, 6) is 0. The van der Waals surface area contributed by atoms with Gasteiger partial charge in [0.25, 0.3) is 0 Å². The molecule has 0 bridgehead atoms. The van der Waals surface area contributed by atoms with Gasteiger partial charge in [0.05, 0.1) is 17.9 Å². The molecule has 0 aromatic carbocycles. The van der Waals surface area contributed by atoms with E-state index in [1.54, 1.807) is 18.3 Å². The molecule has 4 heteroatoms. The van der Waals surface area contributed by atoms with Crippen LogP contribution in [-0.2, 0) is 0 Å². The lowest BCUT2D eigenvalue weighted by atomic mass is 10.2. The Hall–Kier alpha value is -1.29. The van der Waals surface area contributed by atoms with Crippen molar-refractivity contribution in [2.45, 2.75) is 6.04 Å². The van der Waals surface area contributed by atoms with Crippen molar-refractivity contribution in [1.29, 1.82) is 0 Å². The molecule has 0 amide bonds. The molecule has 0 spiro atoms. The molecule has 1 heterocycles. The summed E-state index contributed by atoms with van der Waals surface area (Å²) < 4.78 is 0. The average Bonchev–Trinajstić information content (AvgIpc) is 2.05. The van der Waals surface area contributed by atoms with Crippen LogP contribution in [0, 0.1) is 0 Å². The molecule has 0 aliphatic rings. The molecule has 2 N–H and O–H groups in total. The van der Waals surface area contributed by atoms with E-state index in [0.29, 0.717) is 5.69 Å². The van der Waals surface area contributed by atoms with Gasteiger partial charge in [-0.05, 0) is 11.3 Å². The first kappa shape index (κ1) is 6.82. The molecule has 0 saturated heterocycles. The van der Waals surface area contributed by atoms with Gasteiger partial charge in [-0.25, -0.2) is 0 Å². The smallest absolute Gasteiger partial charge is 0.0871 e. The molecule has 0 saturated carbocycles. The molecule has 1 aromatic heterocycles. The molecular weight excluding hydrogens is 128 g/mol. The van der Waals surface area contributed by atoms with Crippen molar-refractivity contribution in [1.82, 2.24) is 15.4 Å². The van der Waals surface area contributed by atoms with Crippen molar-refractivity contribution < 1.29 is 0 Å². The molecular formula is C6H8N4. The fourth-order valence-electron chi connectivity index (χ4n) is 0.549. The summed E-state index contributed by atoms with van der Waals surface area (Å²) in [6, 6.07) is 1.47. The van der Waals surface area contributed by atoms with E-state index in [1.165, 1.54) is 0 Å². The first-order valence-corrected chi connectivity index (χ1v) is 2.87. The van der Waals surface area contributed by atoms with E-state index in [2.05, 4.69) is 22.0 Å². The summed E-state index contributed by atoms with van der Waals surface area (Å²) in [5, 5.41) is 10.6. The molecule has 1 atom stereocenters. The first-order chi connectivity index (χ1) is 4.84. The van der Waals surface area contributed by atoms with Crippen LogP contribution in [0.4, 0.5) is 0 Å². The second-order valence-corrected chi connectivity index (χ2v) is 1.81. The van der Waals surface area contributed by atoms with Gasteiger partial charge in [-0.3, -0.25) is 0 Å². The van der Waals surface area contributed by atoms with Crippen molar-refractivity contribution in [3.63, 3.8) is 0 Å². The normalized spacial score (nSPS) is 12.5.